The molecule has 148 valence electrons. The topological polar surface area (TPSA) is 76.7 Å². The van der Waals surface area contributed by atoms with Gasteiger partial charge >= 0.3 is 0 Å². The number of hydrazine groups is 1. The first kappa shape index (κ1) is 21.0. The Hall–Kier alpha value is -3.28. The van der Waals surface area contributed by atoms with Crippen molar-refractivity contribution in [3.05, 3.63) is 65.7 Å². The third-order valence-electron chi connectivity index (χ3n) is 4.29. The number of carbonyl (C=O) groups excluding carboxylic acids is 2. The molecular formula is C22H26N2O4. The van der Waals surface area contributed by atoms with Crippen LogP contribution in [0, 0.1) is 0 Å². The molecule has 0 aliphatic heterocycles. The molecule has 1 atom stereocenters. The Morgan fingerprint density at radius 2 is 1.79 bits per heavy atom. The Morgan fingerprint density at radius 1 is 1.07 bits per heavy atom. The first-order chi connectivity index (χ1) is 13.5. The smallest absolute Gasteiger partial charge is 0.276 e. The Bertz CT molecular complexity index is 816. The molecule has 2 amide bonds. The van der Waals surface area contributed by atoms with E-state index in [4.69, 9.17) is 9.47 Å². The van der Waals surface area contributed by atoms with Gasteiger partial charge in [-0.1, -0.05) is 44.2 Å². The van der Waals surface area contributed by atoms with Crippen LogP contribution in [0.25, 0.3) is 6.08 Å². The van der Waals surface area contributed by atoms with E-state index >= 15 is 0 Å². The fraction of sp³-hybridized carbons (Fsp3) is 0.273. The number of benzene rings is 2. The lowest BCUT2D eigenvalue weighted by atomic mass is 9.98. The van der Waals surface area contributed by atoms with Gasteiger partial charge in [-0.25, -0.2) is 0 Å². The zero-order valence-electron chi connectivity index (χ0n) is 16.4. The normalized spacial score (nSPS) is 11.7. The number of rotatable bonds is 8. The van der Waals surface area contributed by atoms with E-state index < -0.39 is 11.8 Å². The van der Waals surface area contributed by atoms with Crippen LogP contribution in [0.5, 0.6) is 11.5 Å². The quantitative estimate of drug-likeness (QED) is 0.542. The van der Waals surface area contributed by atoms with Crippen molar-refractivity contribution in [2.45, 2.75) is 26.2 Å². The zero-order chi connectivity index (χ0) is 20.4. The van der Waals surface area contributed by atoms with E-state index in [1.165, 1.54) is 6.08 Å². The highest BCUT2D eigenvalue weighted by Crippen LogP contribution is 2.28. The standard InChI is InChI=1S/C22H26N2O4/c1-4-16(2)19-7-5-6-8-20(19)28-15-22(26)24-23-21(25)14-11-17-9-12-18(27-3)13-10-17/h5-14,16H,4,15H2,1-3H3,(H,23,25)(H,24,26). The van der Waals surface area contributed by atoms with Gasteiger partial charge in [0.25, 0.3) is 11.8 Å². The third-order valence-corrected chi connectivity index (χ3v) is 4.29. The number of para-hydroxylation sites is 1. The summed E-state index contributed by atoms with van der Waals surface area (Å²) in [6, 6.07) is 14.9. The van der Waals surface area contributed by atoms with E-state index in [-0.39, 0.29) is 6.61 Å². The van der Waals surface area contributed by atoms with Crippen molar-refractivity contribution in [2.24, 2.45) is 0 Å². The Morgan fingerprint density at radius 3 is 2.46 bits per heavy atom. The van der Waals surface area contributed by atoms with Crippen LogP contribution in [0.3, 0.4) is 0 Å². The predicted octanol–water partition coefficient (Wildman–Crippen LogP) is 3.45. The van der Waals surface area contributed by atoms with Crippen LogP contribution in [0.1, 0.15) is 37.3 Å². The number of amides is 2. The second kappa shape index (κ2) is 10.8. The van der Waals surface area contributed by atoms with Crippen LogP contribution in [-0.2, 0) is 9.59 Å². The summed E-state index contributed by atoms with van der Waals surface area (Å²) in [5, 5.41) is 0. The van der Waals surface area contributed by atoms with Gasteiger partial charge in [-0.15, -0.1) is 0 Å². The largest absolute Gasteiger partial charge is 0.497 e. The molecule has 28 heavy (non-hydrogen) atoms. The molecule has 0 aliphatic rings. The van der Waals surface area contributed by atoms with Crippen LogP contribution in [0.15, 0.2) is 54.6 Å². The minimum Gasteiger partial charge on any atom is -0.497 e. The molecule has 0 heterocycles. The molecule has 0 fully saturated rings. The number of hydrogen-bond acceptors (Lipinski definition) is 4. The highest BCUT2D eigenvalue weighted by molar-refractivity contribution is 5.93. The molecule has 2 aromatic rings. The average molecular weight is 382 g/mol. The highest BCUT2D eigenvalue weighted by atomic mass is 16.5. The molecule has 0 aliphatic carbocycles. The molecule has 2 N–H and O–H groups in total. The van der Waals surface area contributed by atoms with E-state index in [9.17, 15) is 9.59 Å². The lowest BCUT2D eigenvalue weighted by Gasteiger charge is -2.15. The third kappa shape index (κ3) is 6.46. The van der Waals surface area contributed by atoms with Gasteiger partial charge < -0.3 is 9.47 Å². The van der Waals surface area contributed by atoms with Gasteiger partial charge in [-0.3, -0.25) is 20.4 Å². The lowest BCUT2D eigenvalue weighted by Crippen LogP contribution is -2.43. The minimum atomic E-state index is -0.441. The summed E-state index contributed by atoms with van der Waals surface area (Å²) in [6.07, 6.45) is 3.95. The summed E-state index contributed by atoms with van der Waals surface area (Å²) in [5.74, 6) is 0.873. The highest BCUT2D eigenvalue weighted by Gasteiger charge is 2.11. The van der Waals surface area contributed by atoms with E-state index in [0.29, 0.717) is 11.7 Å². The first-order valence-electron chi connectivity index (χ1n) is 9.16. The van der Waals surface area contributed by atoms with Crippen molar-refractivity contribution in [3.63, 3.8) is 0 Å². The molecule has 0 bridgehead atoms. The van der Waals surface area contributed by atoms with Gasteiger partial charge in [-0.05, 0) is 47.7 Å². The summed E-state index contributed by atoms with van der Waals surface area (Å²) in [4.78, 5) is 23.7. The molecule has 0 aromatic heterocycles. The SMILES string of the molecule is CCC(C)c1ccccc1OCC(=O)NNC(=O)C=Cc1ccc(OC)cc1. The molecule has 0 saturated heterocycles. The molecule has 0 saturated carbocycles. The van der Waals surface area contributed by atoms with Crippen molar-refractivity contribution in [1.82, 2.24) is 10.9 Å². The summed E-state index contributed by atoms with van der Waals surface area (Å²) < 4.78 is 10.7. The molecule has 2 rings (SSSR count). The first-order valence-corrected chi connectivity index (χ1v) is 9.16. The number of nitrogens with one attached hydrogen (secondary N) is 2. The van der Waals surface area contributed by atoms with E-state index in [0.717, 1.165) is 23.3 Å². The van der Waals surface area contributed by atoms with Crippen LogP contribution < -0.4 is 20.3 Å². The number of carbonyl (C=O) groups is 2. The second-order valence-electron chi connectivity index (χ2n) is 6.28. The fourth-order valence-corrected chi connectivity index (χ4v) is 2.48. The molecule has 1 unspecified atom stereocenters. The van der Waals surface area contributed by atoms with E-state index in [1.807, 2.05) is 36.4 Å². The maximum Gasteiger partial charge on any atom is 0.276 e. The Balaban J connectivity index is 1.79. The number of ether oxygens (including phenoxy) is 2. The summed E-state index contributed by atoms with van der Waals surface area (Å²) in [5.41, 5.74) is 6.56. The Kier molecular flexibility index (Phi) is 8.09. The zero-order valence-corrected chi connectivity index (χ0v) is 16.4. The summed E-state index contributed by atoms with van der Waals surface area (Å²) in [6.45, 7) is 4.02. The van der Waals surface area contributed by atoms with Crippen molar-refractivity contribution in [1.29, 1.82) is 0 Å². The molecule has 6 heteroatoms. The van der Waals surface area contributed by atoms with Gasteiger partial charge in [0, 0.05) is 6.08 Å². The summed E-state index contributed by atoms with van der Waals surface area (Å²) in [7, 11) is 1.59. The van der Waals surface area contributed by atoms with Crippen LogP contribution in [0.2, 0.25) is 0 Å². The van der Waals surface area contributed by atoms with Crippen LogP contribution in [-0.4, -0.2) is 25.5 Å². The summed E-state index contributed by atoms with van der Waals surface area (Å²) >= 11 is 0. The van der Waals surface area contributed by atoms with E-state index in [1.54, 1.807) is 25.3 Å². The molecule has 0 spiro atoms. The maximum absolute atomic E-state index is 11.9. The number of hydrogen-bond donors (Lipinski definition) is 2. The van der Waals surface area contributed by atoms with Gasteiger partial charge in [0.1, 0.15) is 11.5 Å². The van der Waals surface area contributed by atoms with Crippen LogP contribution in [0.4, 0.5) is 0 Å². The lowest BCUT2D eigenvalue weighted by molar-refractivity contribution is -0.128. The number of methoxy groups -OCH3 is 1. The molecule has 0 radical (unpaired) electrons. The van der Waals surface area contributed by atoms with Crippen molar-refractivity contribution in [3.8, 4) is 11.5 Å². The van der Waals surface area contributed by atoms with Crippen molar-refractivity contribution < 1.29 is 19.1 Å². The van der Waals surface area contributed by atoms with Gasteiger partial charge in [0.05, 0.1) is 7.11 Å². The average Bonchev–Trinajstić information content (AvgIpc) is 2.74. The van der Waals surface area contributed by atoms with Crippen LogP contribution >= 0.6 is 0 Å². The predicted molar refractivity (Wildman–Crippen MR) is 109 cm³/mol. The Labute approximate surface area is 165 Å². The molecule has 6 nitrogen and oxygen atoms in total. The van der Waals surface area contributed by atoms with Crippen molar-refractivity contribution in [2.75, 3.05) is 13.7 Å². The molecular weight excluding hydrogens is 356 g/mol. The van der Waals surface area contributed by atoms with Crippen molar-refractivity contribution >= 4 is 17.9 Å². The minimum absolute atomic E-state index is 0.185. The second-order valence-corrected chi connectivity index (χ2v) is 6.28. The van der Waals surface area contributed by atoms with Gasteiger partial charge in [-0.2, -0.15) is 0 Å². The van der Waals surface area contributed by atoms with Gasteiger partial charge in [0.15, 0.2) is 6.61 Å². The maximum atomic E-state index is 11.9. The molecule has 2 aromatic carbocycles. The van der Waals surface area contributed by atoms with Gasteiger partial charge in [0.2, 0.25) is 0 Å². The van der Waals surface area contributed by atoms with E-state index in [2.05, 4.69) is 24.7 Å². The monoisotopic (exact) mass is 382 g/mol. The fourth-order valence-electron chi connectivity index (χ4n) is 2.48.